The quantitative estimate of drug-likeness (QED) is 0.417. The number of benzene rings is 1. The van der Waals surface area contributed by atoms with Gasteiger partial charge in [-0.15, -0.1) is 0 Å². The molecular weight excluding hydrogens is 274 g/mol. The second-order valence-electron chi connectivity index (χ2n) is 5.50. The zero-order chi connectivity index (χ0) is 16.2. The van der Waals surface area contributed by atoms with E-state index in [2.05, 4.69) is 37.5 Å². The van der Waals surface area contributed by atoms with Crippen LogP contribution in [0.4, 0.5) is 0 Å². The van der Waals surface area contributed by atoms with Crippen LogP contribution in [0.3, 0.4) is 0 Å². The zero-order valence-electron chi connectivity index (χ0n) is 14.5. The summed E-state index contributed by atoms with van der Waals surface area (Å²) in [4.78, 5) is 4.70. The summed E-state index contributed by atoms with van der Waals surface area (Å²) in [5.74, 6) is 2.16. The van der Waals surface area contributed by atoms with Gasteiger partial charge in [0, 0.05) is 25.6 Å². The fraction of sp³-hybridized carbons (Fsp3) is 0.611. The molecule has 0 aliphatic rings. The van der Waals surface area contributed by atoms with Crippen molar-refractivity contribution in [3.63, 3.8) is 0 Å². The lowest BCUT2D eigenvalue weighted by atomic mass is 10.0. The van der Waals surface area contributed by atoms with Gasteiger partial charge in [-0.2, -0.15) is 0 Å². The lowest BCUT2D eigenvalue weighted by molar-refractivity contribution is 0.407. The molecule has 124 valence electrons. The standard InChI is InChI=1S/C18H31N3O/c1-5-7-10-13-20-18(19-6-2)21-14-15(3)16-11-8-9-12-17(16)22-4/h8-9,11-12,15H,5-7,10,13-14H2,1-4H3,(H2,19,20,21). The summed E-state index contributed by atoms with van der Waals surface area (Å²) < 4.78 is 5.43. The van der Waals surface area contributed by atoms with Crippen LogP contribution in [0.5, 0.6) is 5.75 Å². The minimum absolute atomic E-state index is 0.322. The minimum atomic E-state index is 0.322. The Bertz CT molecular complexity index is 446. The summed E-state index contributed by atoms with van der Waals surface area (Å²) in [6, 6.07) is 8.16. The van der Waals surface area contributed by atoms with Crippen molar-refractivity contribution in [1.82, 2.24) is 10.6 Å². The van der Waals surface area contributed by atoms with E-state index < -0.39 is 0 Å². The predicted molar refractivity (Wildman–Crippen MR) is 94.9 cm³/mol. The van der Waals surface area contributed by atoms with Crippen LogP contribution in [0.2, 0.25) is 0 Å². The SMILES string of the molecule is CCCCCNC(=NCC(C)c1ccccc1OC)NCC. The third kappa shape index (κ3) is 6.37. The second kappa shape index (κ2) is 10.9. The van der Waals surface area contributed by atoms with Crippen LogP contribution in [0.1, 0.15) is 51.5 Å². The maximum Gasteiger partial charge on any atom is 0.191 e. The van der Waals surface area contributed by atoms with Gasteiger partial charge in [-0.1, -0.05) is 44.9 Å². The lowest BCUT2D eigenvalue weighted by Crippen LogP contribution is -2.38. The number of nitrogens with one attached hydrogen (secondary N) is 2. The number of guanidine groups is 1. The molecule has 1 rings (SSSR count). The Morgan fingerprint density at radius 3 is 2.64 bits per heavy atom. The summed E-state index contributed by atoms with van der Waals surface area (Å²) in [6.07, 6.45) is 3.67. The van der Waals surface area contributed by atoms with Gasteiger partial charge in [0.1, 0.15) is 5.75 Å². The Morgan fingerprint density at radius 2 is 1.95 bits per heavy atom. The topological polar surface area (TPSA) is 45.7 Å². The summed E-state index contributed by atoms with van der Waals surface area (Å²) in [5.41, 5.74) is 1.20. The number of hydrogen-bond donors (Lipinski definition) is 2. The first-order chi connectivity index (χ1) is 10.7. The van der Waals surface area contributed by atoms with Crippen molar-refractivity contribution in [1.29, 1.82) is 0 Å². The molecule has 1 atom stereocenters. The van der Waals surface area contributed by atoms with Gasteiger partial charge in [0.25, 0.3) is 0 Å². The number of rotatable bonds is 9. The average molecular weight is 305 g/mol. The number of hydrogen-bond acceptors (Lipinski definition) is 2. The number of unbranched alkanes of at least 4 members (excludes halogenated alkanes) is 2. The fourth-order valence-electron chi connectivity index (χ4n) is 2.32. The van der Waals surface area contributed by atoms with Crippen LogP contribution < -0.4 is 15.4 Å². The Labute approximate surface area is 135 Å². The molecule has 1 aromatic carbocycles. The molecule has 0 spiro atoms. The summed E-state index contributed by atoms with van der Waals surface area (Å²) in [7, 11) is 1.72. The molecule has 4 nitrogen and oxygen atoms in total. The molecule has 0 saturated heterocycles. The molecule has 0 radical (unpaired) electrons. The van der Waals surface area contributed by atoms with E-state index in [0.29, 0.717) is 5.92 Å². The van der Waals surface area contributed by atoms with Crippen molar-refractivity contribution in [2.75, 3.05) is 26.7 Å². The molecule has 0 aliphatic heterocycles. The lowest BCUT2D eigenvalue weighted by Gasteiger charge is -2.15. The maximum absolute atomic E-state index is 5.43. The van der Waals surface area contributed by atoms with Crippen molar-refractivity contribution in [2.24, 2.45) is 4.99 Å². The van der Waals surface area contributed by atoms with Crippen LogP contribution in [0, 0.1) is 0 Å². The Hall–Kier alpha value is -1.71. The molecule has 0 fully saturated rings. The van der Waals surface area contributed by atoms with Gasteiger partial charge in [0.2, 0.25) is 0 Å². The molecule has 1 aromatic rings. The van der Waals surface area contributed by atoms with E-state index in [1.165, 1.54) is 24.8 Å². The van der Waals surface area contributed by atoms with Gasteiger partial charge < -0.3 is 15.4 Å². The molecular formula is C18H31N3O. The third-order valence-corrected chi connectivity index (χ3v) is 3.61. The first-order valence-corrected chi connectivity index (χ1v) is 8.38. The van der Waals surface area contributed by atoms with E-state index in [9.17, 15) is 0 Å². The van der Waals surface area contributed by atoms with Gasteiger partial charge in [0.15, 0.2) is 5.96 Å². The fourth-order valence-corrected chi connectivity index (χ4v) is 2.32. The number of aliphatic imine (C=N–C) groups is 1. The zero-order valence-corrected chi connectivity index (χ0v) is 14.5. The number of para-hydroxylation sites is 1. The Balaban J connectivity index is 2.60. The van der Waals surface area contributed by atoms with Gasteiger partial charge in [-0.05, 0) is 25.0 Å². The molecule has 0 aromatic heterocycles. The summed E-state index contributed by atoms with van der Waals surface area (Å²) >= 11 is 0. The second-order valence-corrected chi connectivity index (χ2v) is 5.50. The van der Waals surface area contributed by atoms with E-state index in [4.69, 9.17) is 9.73 Å². The monoisotopic (exact) mass is 305 g/mol. The minimum Gasteiger partial charge on any atom is -0.496 e. The maximum atomic E-state index is 5.43. The number of ether oxygens (including phenoxy) is 1. The first-order valence-electron chi connectivity index (χ1n) is 8.38. The van der Waals surface area contributed by atoms with E-state index >= 15 is 0 Å². The van der Waals surface area contributed by atoms with Crippen LogP contribution in [-0.4, -0.2) is 32.7 Å². The van der Waals surface area contributed by atoms with Crippen LogP contribution in [0.25, 0.3) is 0 Å². The smallest absolute Gasteiger partial charge is 0.191 e. The van der Waals surface area contributed by atoms with Crippen molar-refractivity contribution in [2.45, 2.75) is 46.0 Å². The molecule has 22 heavy (non-hydrogen) atoms. The Kier molecular flexibility index (Phi) is 9.12. The van der Waals surface area contributed by atoms with E-state index in [-0.39, 0.29) is 0 Å². The molecule has 0 amide bonds. The number of nitrogens with zero attached hydrogens (tertiary/aromatic N) is 1. The molecule has 2 N–H and O–H groups in total. The van der Waals surface area contributed by atoms with Crippen molar-refractivity contribution >= 4 is 5.96 Å². The largest absolute Gasteiger partial charge is 0.496 e. The molecule has 1 unspecified atom stereocenters. The summed E-state index contributed by atoms with van der Waals surface area (Å²) in [6.45, 7) is 9.08. The van der Waals surface area contributed by atoms with Gasteiger partial charge in [-0.3, -0.25) is 4.99 Å². The Morgan fingerprint density at radius 1 is 1.18 bits per heavy atom. The van der Waals surface area contributed by atoms with Crippen LogP contribution in [0.15, 0.2) is 29.3 Å². The molecule has 0 heterocycles. The molecule has 0 bridgehead atoms. The predicted octanol–water partition coefficient (Wildman–Crippen LogP) is 3.54. The molecule has 0 aliphatic carbocycles. The highest BCUT2D eigenvalue weighted by atomic mass is 16.5. The van der Waals surface area contributed by atoms with Crippen molar-refractivity contribution in [3.8, 4) is 5.75 Å². The van der Waals surface area contributed by atoms with E-state index in [1.54, 1.807) is 7.11 Å². The van der Waals surface area contributed by atoms with E-state index in [1.807, 2.05) is 18.2 Å². The normalized spacial score (nSPS) is 12.8. The average Bonchev–Trinajstić information content (AvgIpc) is 2.56. The van der Waals surface area contributed by atoms with E-state index in [0.717, 1.165) is 31.3 Å². The third-order valence-electron chi connectivity index (χ3n) is 3.61. The summed E-state index contributed by atoms with van der Waals surface area (Å²) in [5, 5.41) is 6.70. The first kappa shape index (κ1) is 18.3. The highest BCUT2D eigenvalue weighted by Gasteiger charge is 2.10. The highest BCUT2D eigenvalue weighted by Crippen LogP contribution is 2.26. The van der Waals surface area contributed by atoms with Crippen LogP contribution in [-0.2, 0) is 0 Å². The molecule has 4 heteroatoms. The van der Waals surface area contributed by atoms with Crippen molar-refractivity contribution < 1.29 is 4.74 Å². The van der Waals surface area contributed by atoms with Crippen LogP contribution >= 0.6 is 0 Å². The number of methoxy groups -OCH3 is 1. The highest BCUT2D eigenvalue weighted by molar-refractivity contribution is 5.79. The van der Waals surface area contributed by atoms with Gasteiger partial charge in [0.05, 0.1) is 7.11 Å². The van der Waals surface area contributed by atoms with Gasteiger partial charge >= 0.3 is 0 Å². The molecule has 0 saturated carbocycles. The van der Waals surface area contributed by atoms with Crippen molar-refractivity contribution in [3.05, 3.63) is 29.8 Å². The van der Waals surface area contributed by atoms with Gasteiger partial charge in [-0.25, -0.2) is 0 Å².